The van der Waals surface area contributed by atoms with Crippen LogP contribution in [0.4, 0.5) is 4.79 Å². The highest BCUT2D eigenvalue weighted by molar-refractivity contribution is 6.07. The summed E-state index contributed by atoms with van der Waals surface area (Å²) in [6, 6.07) is 14.6. The van der Waals surface area contributed by atoms with Crippen LogP contribution in [0.1, 0.15) is 59.8 Å². The first-order chi connectivity index (χ1) is 13.9. The second-order valence-electron chi connectivity index (χ2n) is 8.13. The molecule has 2 aromatic rings. The van der Waals surface area contributed by atoms with Crippen LogP contribution in [0.5, 0.6) is 0 Å². The molecule has 6 nitrogen and oxygen atoms in total. The van der Waals surface area contributed by atoms with E-state index in [0.717, 1.165) is 19.3 Å². The maximum absolute atomic E-state index is 13.1. The number of hydrogen-bond acceptors (Lipinski definition) is 3. The second kappa shape index (κ2) is 7.35. The van der Waals surface area contributed by atoms with E-state index in [-0.39, 0.29) is 11.9 Å². The minimum absolute atomic E-state index is 0.0603. The largest absolute Gasteiger partial charge is 0.345 e. The molecule has 1 saturated heterocycles. The third-order valence-electron chi connectivity index (χ3n) is 6.10. The molecule has 4 amide bonds. The Labute approximate surface area is 170 Å². The average molecular weight is 391 g/mol. The molecule has 4 rings (SSSR count). The first-order valence-corrected chi connectivity index (χ1v) is 10.0. The number of rotatable bonds is 3. The number of fused-ring (bicyclic) bond motifs is 1. The first-order valence-electron chi connectivity index (χ1n) is 10.0. The molecule has 3 N–H and O–H groups in total. The Bertz CT molecular complexity index is 987. The van der Waals surface area contributed by atoms with E-state index in [9.17, 15) is 14.4 Å². The van der Waals surface area contributed by atoms with Crippen LogP contribution < -0.4 is 16.0 Å². The summed E-state index contributed by atoms with van der Waals surface area (Å²) in [4.78, 5) is 36.9. The van der Waals surface area contributed by atoms with Crippen molar-refractivity contribution in [1.29, 1.82) is 0 Å². The van der Waals surface area contributed by atoms with Crippen molar-refractivity contribution >= 4 is 17.8 Å². The maximum Gasteiger partial charge on any atom is 0.322 e. The van der Waals surface area contributed by atoms with Crippen molar-refractivity contribution in [3.05, 3.63) is 70.8 Å². The smallest absolute Gasteiger partial charge is 0.322 e. The molecular formula is C23H25N3O3. The van der Waals surface area contributed by atoms with E-state index < -0.39 is 17.5 Å². The molecule has 0 bridgehead atoms. The Morgan fingerprint density at radius 2 is 1.93 bits per heavy atom. The van der Waals surface area contributed by atoms with Gasteiger partial charge in [0, 0.05) is 5.56 Å². The van der Waals surface area contributed by atoms with Crippen LogP contribution in [0.3, 0.4) is 0 Å². The molecule has 0 aromatic heterocycles. The minimum atomic E-state index is -1.18. The van der Waals surface area contributed by atoms with Gasteiger partial charge in [0.1, 0.15) is 5.54 Å². The van der Waals surface area contributed by atoms with E-state index in [1.54, 1.807) is 31.2 Å². The SMILES string of the molecule is CC1CCCc2ccccc2C1NC(=O)c1cccc(C2(C)NC(=O)NC2=O)c1. The molecule has 1 aliphatic carbocycles. The molecule has 1 heterocycles. The highest BCUT2D eigenvalue weighted by Gasteiger charge is 2.43. The predicted molar refractivity (Wildman–Crippen MR) is 109 cm³/mol. The molecule has 0 spiro atoms. The molecule has 0 saturated carbocycles. The molecule has 1 fully saturated rings. The van der Waals surface area contributed by atoms with Crippen LogP contribution >= 0.6 is 0 Å². The highest BCUT2D eigenvalue weighted by Crippen LogP contribution is 2.33. The molecule has 29 heavy (non-hydrogen) atoms. The van der Waals surface area contributed by atoms with Gasteiger partial charge in [-0.25, -0.2) is 4.79 Å². The van der Waals surface area contributed by atoms with Gasteiger partial charge in [-0.1, -0.05) is 43.3 Å². The third kappa shape index (κ3) is 3.50. The van der Waals surface area contributed by atoms with Crippen molar-refractivity contribution in [2.45, 2.75) is 44.7 Å². The molecular weight excluding hydrogens is 366 g/mol. The lowest BCUT2D eigenvalue weighted by Crippen LogP contribution is -2.40. The van der Waals surface area contributed by atoms with E-state index in [4.69, 9.17) is 0 Å². The maximum atomic E-state index is 13.1. The van der Waals surface area contributed by atoms with Crippen LogP contribution in [-0.2, 0) is 16.8 Å². The van der Waals surface area contributed by atoms with Gasteiger partial charge in [0.2, 0.25) is 0 Å². The summed E-state index contributed by atoms with van der Waals surface area (Å²) in [5.41, 5.74) is 2.31. The van der Waals surface area contributed by atoms with Gasteiger partial charge in [-0.3, -0.25) is 14.9 Å². The van der Waals surface area contributed by atoms with E-state index in [1.165, 1.54) is 11.1 Å². The molecule has 0 radical (unpaired) electrons. The van der Waals surface area contributed by atoms with Crippen LogP contribution in [0.25, 0.3) is 0 Å². The molecule has 2 aliphatic rings. The van der Waals surface area contributed by atoms with E-state index in [1.807, 2.05) is 12.1 Å². The fourth-order valence-corrected chi connectivity index (χ4v) is 4.32. The fraction of sp³-hybridized carbons (Fsp3) is 0.348. The highest BCUT2D eigenvalue weighted by atomic mass is 16.2. The lowest BCUT2D eigenvalue weighted by Gasteiger charge is -2.26. The first kappa shape index (κ1) is 19.2. The summed E-state index contributed by atoms with van der Waals surface area (Å²) >= 11 is 0. The Balaban J connectivity index is 1.61. The van der Waals surface area contributed by atoms with Crippen molar-refractivity contribution in [1.82, 2.24) is 16.0 Å². The summed E-state index contributed by atoms with van der Waals surface area (Å²) in [6.07, 6.45) is 3.17. The standard InChI is InChI=1S/C23H25N3O3/c1-14-7-5-9-15-8-3-4-12-18(15)19(14)24-20(27)16-10-6-11-17(13-16)23(2)21(28)25-22(29)26-23/h3-4,6,8,10-14,19H,5,7,9H2,1-2H3,(H,24,27)(H2,25,26,28,29). The van der Waals surface area contributed by atoms with Crippen molar-refractivity contribution < 1.29 is 14.4 Å². The molecule has 150 valence electrons. The molecule has 3 atom stereocenters. The van der Waals surface area contributed by atoms with E-state index in [2.05, 4.69) is 35.0 Å². The van der Waals surface area contributed by atoms with E-state index in [0.29, 0.717) is 17.0 Å². The number of carbonyl (C=O) groups is 3. The van der Waals surface area contributed by atoms with Crippen LogP contribution in [0.2, 0.25) is 0 Å². The van der Waals surface area contributed by atoms with Gasteiger partial charge in [-0.2, -0.15) is 0 Å². The van der Waals surface area contributed by atoms with Gasteiger partial charge in [-0.05, 0) is 60.9 Å². The lowest BCUT2D eigenvalue weighted by atomic mass is 9.90. The lowest BCUT2D eigenvalue weighted by molar-refractivity contribution is -0.123. The van der Waals surface area contributed by atoms with Gasteiger partial charge < -0.3 is 10.6 Å². The number of carbonyl (C=O) groups excluding carboxylic acids is 3. The summed E-state index contributed by atoms with van der Waals surface area (Å²) in [7, 11) is 0. The Morgan fingerprint density at radius 3 is 2.69 bits per heavy atom. The van der Waals surface area contributed by atoms with Gasteiger partial charge in [0.05, 0.1) is 6.04 Å². The molecule has 3 unspecified atom stereocenters. The van der Waals surface area contributed by atoms with Crippen molar-refractivity contribution in [2.24, 2.45) is 5.92 Å². The van der Waals surface area contributed by atoms with Crippen molar-refractivity contribution in [3.63, 3.8) is 0 Å². The monoisotopic (exact) mass is 391 g/mol. The van der Waals surface area contributed by atoms with Crippen LogP contribution in [-0.4, -0.2) is 17.8 Å². The molecule has 1 aliphatic heterocycles. The zero-order valence-corrected chi connectivity index (χ0v) is 16.6. The Morgan fingerprint density at radius 1 is 1.14 bits per heavy atom. The number of urea groups is 1. The third-order valence-corrected chi connectivity index (χ3v) is 6.10. The number of amides is 4. The van der Waals surface area contributed by atoms with Crippen LogP contribution in [0, 0.1) is 5.92 Å². The van der Waals surface area contributed by atoms with Gasteiger partial charge in [0.15, 0.2) is 0 Å². The topological polar surface area (TPSA) is 87.3 Å². The number of hydrogen-bond donors (Lipinski definition) is 3. The number of aryl methyl sites for hydroxylation is 1. The number of nitrogens with one attached hydrogen (secondary N) is 3. The number of imide groups is 1. The minimum Gasteiger partial charge on any atom is -0.345 e. The molecule has 6 heteroatoms. The zero-order chi connectivity index (χ0) is 20.6. The Hall–Kier alpha value is -3.15. The average Bonchev–Trinajstić information content (AvgIpc) is 2.88. The predicted octanol–water partition coefficient (Wildman–Crippen LogP) is 3.18. The number of benzene rings is 2. The second-order valence-corrected chi connectivity index (χ2v) is 8.13. The van der Waals surface area contributed by atoms with E-state index >= 15 is 0 Å². The molecule has 2 aromatic carbocycles. The zero-order valence-electron chi connectivity index (χ0n) is 16.6. The summed E-state index contributed by atoms with van der Waals surface area (Å²) in [5, 5.41) is 8.10. The summed E-state index contributed by atoms with van der Waals surface area (Å²) < 4.78 is 0. The van der Waals surface area contributed by atoms with Crippen molar-refractivity contribution in [3.8, 4) is 0 Å². The van der Waals surface area contributed by atoms with Crippen LogP contribution in [0.15, 0.2) is 48.5 Å². The van der Waals surface area contributed by atoms with Gasteiger partial charge in [-0.15, -0.1) is 0 Å². The quantitative estimate of drug-likeness (QED) is 0.555. The summed E-state index contributed by atoms with van der Waals surface area (Å²) in [6.45, 7) is 3.80. The Kier molecular flexibility index (Phi) is 4.86. The van der Waals surface area contributed by atoms with Gasteiger partial charge >= 0.3 is 6.03 Å². The fourth-order valence-electron chi connectivity index (χ4n) is 4.32. The van der Waals surface area contributed by atoms with Crippen molar-refractivity contribution in [2.75, 3.05) is 0 Å². The summed E-state index contributed by atoms with van der Waals surface area (Å²) in [5.74, 6) is -0.289. The van der Waals surface area contributed by atoms with Gasteiger partial charge in [0.25, 0.3) is 11.8 Å². The normalized spacial score (nSPS) is 26.1.